The van der Waals surface area contributed by atoms with E-state index in [1.54, 1.807) is 4.90 Å². The molecule has 9 heteroatoms. The molecule has 2 aromatic rings. The van der Waals surface area contributed by atoms with Gasteiger partial charge in [-0.1, -0.05) is 26.8 Å². The van der Waals surface area contributed by atoms with E-state index in [1.807, 2.05) is 13.8 Å². The quantitative estimate of drug-likeness (QED) is 0.819. The van der Waals surface area contributed by atoms with E-state index in [0.717, 1.165) is 19.6 Å². The van der Waals surface area contributed by atoms with Gasteiger partial charge in [-0.2, -0.15) is 0 Å². The van der Waals surface area contributed by atoms with E-state index >= 15 is 0 Å². The Balaban J connectivity index is 0.00000155. The number of halogens is 3. The number of nitrogens with zero attached hydrogens (tertiary/aromatic N) is 3. The van der Waals surface area contributed by atoms with E-state index in [0.29, 0.717) is 25.2 Å². The molecule has 0 aliphatic carbocycles. The molecule has 1 aliphatic heterocycles. The van der Waals surface area contributed by atoms with Crippen LogP contribution in [0.4, 0.5) is 19.0 Å². The van der Waals surface area contributed by atoms with Crippen LogP contribution in [-0.2, 0) is 0 Å². The number of anilines is 1. The Kier molecular flexibility index (Phi) is 8.35. The topological polar surface area (TPSA) is 65.5 Å². The predicted molar refractivity (Wildman–Crippen MR) is 108 cm³/mol. The number of amides is 2. The number of hydrogen-bond donors (Lipinski definition) is 1. The Morgan fingerprint density at radius 2 is 1.63 bits per heavy atom. The molecule has 1 N–H and O–H groups in total. The molecule has 1 saturated heterocycles. The first-order valence-electron chi connectivity index (χ1n) is 9.83. The molecule has 0 saturated carbocycles. The molecule has 2 amide bonds. The molecule has 0 spiro atoms. The number of likely N-dealkylation sites (N-methyl/N-ethyl adjacent to an activating group) is 1. The van der Waals surface area contributed by atoms with Crippen LogP contribution in [0, 0.1) is 17.5 Å². The third-order valence-electron chi connectivity index (χ3n) is 4.55. The van der Waals surface area contributed by atoms with Crippen molar-refractivity contribution in [1.82, 2.24) is 14.8 Å². The Morgan fingerprint density at radius 3 is 2.20 bits per heavy atom. The third kappa shape index (κ3) is 5.56. The zero-order valence-electron chi connectivity index (χ0n) is 17.2. The molecule has 1 aromatic carbocycles. The normalized spacial score (nSPS) is 14.0. The van der Waals surface area contributed by atoms with Crippen LogP contribution in [0.15, 0.2) is 30.3 Å². The van der Waals surface area contributed by atoms with Gasteiger partial charge in [-0.15, -0.1) is 0 Å². The van der Waals surface area contributed by atoms with E-state index in [1.165, 1.54) is 18.2 Å². The number of benzene rings is 1. The highest BCUT2D eigenvalue weighted by Gasteiger charge is 2.23. The third-order valence-corrected chi connectivity index (χ3v) is 4.55. The number of nitrogens with one attached hydrogen (secondary N) is 1. The molecular formula is C21H25F3N4O2. The number of hydrogen-bond acceptors (Lipinski definition) is 4. The van der Waals surface area contributed by atoms with Gasteiger partial charge in [-0.3, -0.25) is 9.59 Å². The van der Waals surface area contributed by atoms with Gasteiger partial charge in [-0.25, -0.2) is 18.2 Å². The standard InChI is InChI=1S/C19H19F3N4O2.C2H6/c1-2-25-6-8-26(9-7-25)19(28)15-4-3-5-16(23-15)24-18(27)17-13(21)10-12(20)11-14(17)22;1-2/h3-5,10-11H,2,6-9H2,1H3,(H,23,24,27);1-2H3. The maximum atomic E-state index is 13.7. The maximum absolute atomic E-state index is 13.7. The fourth-order valence-electron chi connectivity index (χ4n) is 2.99. The average Bonchev–Trinajstić information content (AvgIpc) is 2.74. The van der Waals surface area contributed by atoms with Crippen molar-refractivity contribution >= 4 is 17.6 Å². The van der Waals surface area contributed by atoms with Crippen LogP contribution >= 0.6 is 0 Å². The van der Waals surface area contributed by atoms with Crippen molar-refractivity contribution in [2.24, 2.45) is 0 Å². The van der Waals surface area contributed by atoms with Gasteiger partial charge in [0.05, 0.1) is 0 Å². The molecular weight excluding hydrogens is 397 g/mol. The molecule has 0 atom stereocenters. The number of aromatic nitrogens is 1. The van der Waals surface area contributed by atoms with Gasteiger partial charge in [0.1, 0.15) is 34.5 Å². The fraction of sp³-hybridized carbons (Fsp3) is 0.381. The number of carbonyl (C=O) groups excluding carboxylic acids is 2. The van der Waals surface area contributed by atoms with E-state index in [4.69, 9.17) is 0 Å². The van der Waals surface area contributed by atoms with E-state index < -0.39 is 28.9 Å². The average molecular weight is 422 g/mol. The summed E-state index contributed by atoms with van der Waals surface area (Å²) in [4.78, 5) is 32.7. The highest BCUT2D eigenvalue weighted by atomic mass is 19.1. The maximum Gasteiger partial charge on any atom is 0.272 e. The van der Waals surface area contributed by atoms with E-state index in [9.17, 15) is 22.8 Å². The Bertz CT molecular complexity index is 877. The molecule has 1 aliphatic rings. The van der Waals surface area contributed by atoms with Gasteiger partial charge in [0, 0.05) is 38.3 Å². The summed E-state index contributed by atoms with van der Waals surface area (Å²) in [5.41, 5.74) is -0.807. The molecule has 0 bridgehead atoms. The number of rotatable bonds is 4. The van der Waals surface area contributed by atoms with E-state index in [2.05, 4.69) is 22.1 Å². The van der Waals surface area contributed by atoms with Crippen molar-refractivity contribution < 1.29 is 22.8 Å². The highest BCUT2D eigenvalue weighted by Crippen LogP contribution is 2.17. The minimum absolute atomic E-state index is 0.0360. The monoisotopic (exact) mass is 422 g/mol. The van der Waals surface area contributed by atoms with Gasteiger partial charge < -0.3 is 15.1 Å². The highest BCUT2D eigenvalue weighted by molar-refractivity contribution is 6.04. The van der Waals surface area contributed by atoms with Crippen LogP contribution in [-0.4, -0.2) is 59.3 Å². The molecule has 0 radical (unpaired) electrons. The fourth-order valence-corrected chi connectivity index (χ4v) is 2.99. The summed E-state index contributed by atoms with van der Waals surface area (Å²) in [6.07, 6.45) is 0. The van der Waals surface area contributed by atoms with Crippen molar-refractivity contribution in [2.75, 3.05) is 38.0 Å². The van der Waals surface area contributed by atoms with Gasteiger partial charge in [0.25, 0.3) is 11.8 Å². The van der Waals surface area contributed by atoms with Crippen LogP contribution in [0.1, 0.15) is 41.6 Å². The molecule has 1 fully saturated rings. The summed E-state index contributed by atoms with van der Waals surface area (Å²) in [6.45, 7) is 9.63. The number of pyridine rings is 1. The molecule has 1 aromatic heterocycles. The lowest BCUT2D eigenvalue weighted by molar-refractivity contribution is 0.0637. The summed E-state index contributed by atoms with van der Waals surface area (Å²) in [5, 5.41) is 2.24. The smallest absolute Gasteiger partial charge is 0.272 e. The summed E-state index contributed by atoms with van der Waals surface area (Å²) in [5.74, 6) is -5.21. The lowest BCUT2D eigenvalue weighted by Crippen LogP contribution is -2.48. The minimum atomic E-state index is -1.32. The SMILES string of the molecule is CC.CCN1CCN(C(=O)c2cccc(NC(=O)c3c(F)cc(F)cc3F)n2)CC1. The number of piperazine rings is 1. The summed E-state index contributed by atoms with van der Waals surface area (Å²) >= 11 is 0. The molecule has 162 valence electrons. The lowest BCUT2D eigenvalue weighted by atomic mass is 10.1. The molecule has 6 nitrogen and oxygen atoms in total. The molecule has 30 heavy (non-hydrogen) atoms. The Hall–Kier alpha value is -2.94. The van der Waals surface area contributed by atoms with E-state index in [-0.39, 0.29) is 17.4 Å². The van der Waals surface area contributed by atoms with Crippen molar-refractivity contribution in [3.8, 4) is 0 Å². The predicted octanol–water partition coefficient (Wildman–Crippen LogP) is 3.56. The second-order valence-corrected chi connectivity index (χ2v) is 6.33. The van der Waals surface area contributed by atoms with Gasteiger partial charge in [0.15, 0.2) is 0 Å². The van der Waals surface area contributed by atoms with Crippen LogP contribution in [0.25, 0.3) is 0 Å². The Labute approximate surface area is 173 Å². The first-order chi connectivity index (χ1) is 14.4. The van der Waals surface area contributed by atoms with Gasteiger partial charge in [-0.05, 0) is 18.7 Å². The number of carbonyl (C=O) groups is 2. The zero-order valence-corrected chi connectivity index (χ0v) is 17.2. The zero-order chi connectivity index (χ0) is 22.3. The summed E-state index contributed by atoms with van der Waals surface area (Å²) in [7, 11) is 0. The Morgan fingerprint density at radius 1 is 1.03 bits per heavy atom. The van der Waals surface area contributed by atoms with Crippen LogP contribution in [0.5, 0.6) is 0 Å². The van der Waals surface area contributed by atoms with Crippen molar-refractivity contribution in [2.45, 2.75) is 20.8 Å². The first kappa shape index (κ1) is 23.3. The summed E-state index contributed by atoms with van der Waals surface area (Å²) in [6, 6.07) is 5.24. The lowest BCUT2D eigenvalue weighted by Gasteiger charge is -2.33. The van der Waals surface area contributed by atoms with Crippen LogP contribution in [0.3, 0.4) is 0 Å². The first-order valence-corrected chi connectivity index (χ1v) is 9.83. The van der Waals surface area contributed by atoms with Crippen molar-refractivity contribution in [3.05, 3.63) is 59.0 Å². The molecule has 0 unspecified atom stereocenters. The van der Waals surface area contributed by atoms with Gasteiger partial charge in [0.2, 0.25) is 0 Å². The largest absolute Gasteiger partial charge is 0.335 e. The van der Waals surface area contributed by atoms with Crippen LogP contribution in [0.2, 0.25) is 0 Å². The van der Waals surface area contributed by atoms with Crippen molar-refractivity contribution in [3.63, 3.8) is 0 Å². The van der Waals surface area contributed by atoms with Crippen LogP contribution < -0.4 is 5.32 Å². The molecule has 3 rings (SSSR count). The second-order valence-electron chi connectivity index (χ2n) is 6.33. The van der Waals surface area contributed by atoms with Crippen molar-refractivity contribution in [1.29, 1.82) is 0 Å². The minimum Gasteiger partial charge on any atom is -0.335 e. The summed E-state index contributed by atoms with van der Waals surface area (Å²) < 4.78 is 40.5. The van der Waals surface area contributed by atoms with Gasteiger partial charge >= 0.3 is 0 Å². The molecule has 2 heterocycles. The second kappa shape index (κ2) is 10.7.